The number of nitrogens with zero attached hydrogens (tertiary/aromatic N) is 2. The van der Waals surface area contributed by atoms with E-state index >= 15 is 0 Å². The van der Waals surface area contributed by atoms with E-state index in [-0.39, 0.29) is 11.9 Å². The molecule has 1 aliphatic heterocycles. The van der Waals surface area contributed by atoms with E-state index in [9.17, 15) is 4.79 Å². The molecular weight excluding hydrogens is 382 g/mol. The molecule has 0 aliphatic carbocycles. The summed E-state index contributed by atoms with van der Waals surface area (Å²) in [5, 5.41) is 5.93. The van der Waals surface area contributed by atoms with Gasteiger partial charge in [-0.2, -0.15) is 0 Å². The minimum absolute atomic E-state index is 0.0814. The number of nitrogens with one attached hydrogen (secondary N) is 1. The van der Waals surface area contributed by atoms with Gasteiger partial charge in [0.15, 0.2) is 5.13 Å². The maximum Gasteiger partial charge on any atom is 0.228 e. The quantitative estimate of drug-likeness (QED) is 0.681. The van der Waals surface area contributed by atoms with Gasteiger partial charge in [-0.05, 0) is 23.8 Å². The van der Waals surface area contributed by atoms with Gasteiger partial charge in [-0.3, -0.25) is 4.79 Å². The third-order valence-corrected chi connectivity index (χ3v) is 5.32. The van der Waals surface area contributed by atoms with Crippen molar-refractivity contribution in [2.45, 2.75) is 19.0 Å². The number of hydrogen-bond donors (Lipinski definition) is 1. The number of rotatable bonds is 5. The number of thiazole rings is 1. The van der Waals surface area contributed by atoms with E-state index in [0.717, 1.165) is 17.0 Å². The van der Waals surface area contributed by atoms with Crippen LogP contribution in [0.4, 0.5) is 10.8 Å². The second kappa shape index (κ2) is 7.98. The van der Waals surface area contributed by atoms with Crippen LogP contribution in [0.5, 0.6) is 5.75 Å². The molecule has 0 radical (unpaired) electrons. The predicted molar refractivity (Wildman–Crippen MR) is 109 cm³/mol. The van der Waals surface area contributed by atoms with Crippen LogP contribution in [0.15, 0.2) is 60.1 Å². The number of hydrogen-bond acceptors (Lipinski definition) is 5. The van der Waals surface area contributed by atoms with E-state index in [2.05, 4.69) is 27.3 Å². The first kappa shape index (κ1) is 17.8. The smallest absolute Gasteiger partial charge is 0.228 e. The zero-order chi connectivity index (χ0) is 18.6. The van der Waals surface area contributed by atoms with Crippen LogP contribution in [-0.2, 0) is 11.3 Å². The van der Waals surface area contributed by atoms with E-state index in [1.165, 1.54) is 11.3 Å². The lowest BCUT2D eigenvalue weighted by Gasteiger charge is -2.38. The summed E-state index contributed by atoms with van der Waals surface area (Å²) in [6.07, 6.45) is 1.97. The second-order valence-electron chi connectivity index (χ2n) is 6.28. The summed E-state index contributed by atoms with van der Waals surface area (Å²) in [7, 11) is 0. The highest BCUT2D eigenvalue weighted by atomic mass is 35.5. The minimum atomic E-state index is -0.101. The standard InChI is InChI=1S/C20H18ClN3O2S/c21-15-6-7-18-17(10-15)24(12-14-4-2-1-3-5-14)16(13-26-18)11-19(25)23-20-22-8-9-27-20/h1-10,16H,11-13H2,(H,22,23,25). The van der Waals surface area contributed by atoms with Gasteiger partial charge in [-0.1, -0.05) is 41.9 Å². The van der Waals surface area contributed by atoms with E-state index in [1.54, 1.807) is 6.20 Å². The topological polar surface area (TPSA) is 54.5 Å². The number of benzene rings is 2. The zero-order valence-corrected chi connectivity index (χ0v) is 16.0. The van der Waals surface area contributed by atoms with E-state index in [4.69, 9.17) is 16.3 Å². The first-order valence-electron chi connectivity index (χ1n) is 8.61. The highest BCUT2D eigenvalue weighted by molar-refractivity contribution is 7.13. The molecule has 0 spiro atoms. The Morgan fingerprint density at radius 1 is 1.30 bits per heavy atom. The highest BCUT2D eigenvalue weighted by Gasteiger charge is 2.30. The van der Waals surface area contributed by atoms with Crippen molar-refractivity contribution in [3.63, 3.8) is 0 Å². The first-order valence-corrected chi connectivity index (χ1v) is 9.87. The highest BCUT2D eigenvalue weighted by Crippen LogP contribution is 2.37. The lowest BCUT2D eigenvalue weighted by Crippen LogP contribution is -2.44. The molecule has 5 nitrogen and oxygen atoms in total. The van der Waals surface area contributed by atoms with E-state index < -0.39 is 0 Å². The van der Waals surface area contributed by atoms with Crippen LogP contribution in [0.2, 0.25) is 5.02 Å². The summed E-state index contributed by atoms with van der Waals surface area (Å²) in [6, 6.07) is 15.7. The summed E-state index contributed by atoms with van der Waals surface area (Å²) in [4.78, 5) is 18.8. The molecule has 27 heavy (non-hydrogen) atoms. The monoisotopic (exact) mass is 399 g/mol. The van der Waals surface area contributed by atoms with Gasteiger partial charge in [-0.25, -0.2) is 4.98 Å². The minimum Gasteiger partial charge on any atom is -0.489 e. The maximum absolute atomic E-state index is 12.5. The van der Waals surface area contributed by atoms with Gasteiger partial charge in [0.25, 0.3) is 0 Å². The number of carbonyl (C=O) groups excluding carboxylic acids is 1. The summed E-state index contributed by atoms with van der Waals surface area (Å²) < 4.78 is 5.90. The number of fused-ring (bicyclic) bond motifs is 1. The molecule has 1 unspecified atom stereocenters. The molecule has 1 amide bonds. The first-order chi connectivity index (χ1) is 13.2. The molecule has 0 saturated carbocycles. The van der Waals surface area contributed by atoms with Crippen molar-refractivity contribution in [1.82, 2.24) is 4.98 Å². The van der Waals surface area contributed by atoms with Gasteiger partial charge >= 0.3 is 0 Å². The Kier molecular flexibility index (Phi) is 5.27. The molecule has 0 fully saturated rings. The Morgan fingerprint density at radius 2 is 2.15 bits per heavy atom. The molecule has 1 N–H and O–H groups in total. The van der Waals surface area contributed by atoms with Crippen molar-refractivity contribution in [3.8, 4) is 5.75 Å². The average molecular weight is 400 g/mol. The van der Waals surface area contributed by atoms with Crippen LogP contribution in [-0.4, -0.2) is 23.5 Å². The Morgan fingerprint density at radius 3 is 2.93 bits per heavy atom. The Labute approximate surface area is 166 Å². The summed E-state index contributed by atoms with van der Waals surface area (Å²) >= 11 is 7.63. The van der Waals surface area contributed by atoms with Crippen LogP contribution in [0.25, 0.3) is 0 Å². The number of aromatic nitrogens is 1. The van der Waals surface area contributed by atoms with Gasteiger partial charge in [0.05, 0.1) is 18.2 Å². The summed E-state index contributed by atoms with van der Waals surface area (Å²) in [5.41, 5.74) is 2.07. The average Bonchev–Trinajstić information content (AvgIpc) is 3.17. The molecule has 2 aromatic carbocycles. The Bertz CT molecular complexity index is 918. The fourth-order valence-corrected chi connectivity index (χ4v) is 3.85. The molecule has 3 aromatic rings. The van der Waals surface area contributed by atoms with Gasteiger partial charge < -0.3 is 15.0 Å². The molecule has 138 valence electrons. The van der Waals surface area contributed by atoms with Crippen LogP contribution in [0.3, 0.4) is 0 Å². The van der Waals surface area contributed by atoms with E-state index in [0.29, 0.717) is 29.7 Å². The number of amides is 1. The molecule has 1 atom stereocenters. The SMILES string of the molecule is O=C(CC1COc2ccc(Cl)cc2N1Cc1ccccc1)Nc1nccs1. The van der Waals surface area contributed by atoms with E-state index in [1.807, 2.05) is 41.8 Å². The third-order valence-electron chi connectivity index (χ3n) is 4.40. The number of ether oxygens (including phenoxy) is 1. The number of anilines is 2. The van der Waals surface area contributed by atoms with Crippen molar-refractivity contribution < 1.29 is 9.53 Å². The van der Waals surface area contributed by atoms with Gasteiger partial charge in [-0.15, -0.1) is 11.3 Å². The van der Waals surface area contributed by atoms with Crippen molar-refractivity contribution in [2.24, 2.45) is 0 Å². The van der Waals surface area contributed by atoms with Crippen molar-refractivity contribution in [1.29, 1.82) is 0 Å². The lowest BCUT2D eigenvalue weighted by atomic mass is 10.1. The summed E-state index contributed by atoms with van der Waals surface area (Å²) in [5.74, 6) is 0.703. The normalized spacial score (nSPS) is 15.7. The van der Waals surface area contributed by atoms with Crippen molar-refractivity contribution in [2.75, 3.05) is 16.8 Å². The van der Waals surface area contributed by atoms with Crippen LogP contribution >= 0.6 is 22.9 Å². The second-order valence-corrected chi connectivity index (χ2v) is 7.61. The fourth-order valence-electron chi connectivity index (χ4n) is 3.14. The molecule has 4 rings (SSSR count). The molecule has 1 aromatic heterocycles. The lowest BCUT2D eigenvalue weighted by molar-refractivity contribution is -0.116. The Balaban J connectivity index is 1.58. The third kappa shape index (κ3) is 4.23. The van der Waals surface area contributed by atoms with Crippen LogP contribution < -0.4 is 15.0 Å². The van der Waals surface area contributed by atoms with Gasteiger partial charge in [0.1, 0.15) is 12.4 Å². The zero-order valence-electron chi connectivity index (χ0n) is 14.5. The van der Waals surface area contributed by atoms with Gasteiger partial charge in [0, 0.05) is 23.1 Å². The summed E-state index contributed by atoms with van der Waals surface area (Å²) in [6.45, 7) is 1.11. The molecule has 7 heteroatoms. The van der Waals surface area contributed by atoms with Crippen LogP contribution in [0, 0.1) is 0 Å². The largest absolute Gasteiger partial charge is 0.489 e. The molecule has 0 bridgehead atoms. The van der Waals surface area contributed by atoms with Gasteiger partial charge in [0.2, 0.25) is 5.91 Å². The van der Waals surface area contributed by atoms with Crippen molar-refractivity contribution in [3.05, 3.63) is 70.7 Å². The molecular formula is C20H18ClN3O2S. The maximum atomic E-state index is 12.5. The van der Waals surface area contributed by atoms with Crippen molar-refractivity contribution >= 4 is 39.7 Å². The Hall–Kier alpha value is -2.57. The predicted octanol–water partition coefficient (Wildman–Crippen LogP) is 4.59. The van der Waals surface area contributed by atoms with Crippen LogP contribution in [0.1, 0.15) is 12.0 Å². The molecule has 1 aliphatic rings. The fraction of sp³-hybridized carbons (Fsp3) is 0.200. The number of halogens is 1. The molecule has 0 saturated heterocycles. The molecule has 2 heterocycles. The number of carbonyl (C=O) groups is 1.